The van der Waals surface area contributed by atoms with Crippen molar-refractivity contribution in [1.29, 1.82) is 0 Å². The summed E-state index contributed by atoms with van der Waals surface area (Å²) in [5, 5.41) is 9.52. The Bertz CT molecular complexity index is 584. The maximum absolute atomic E-state index is 11.9. The molecule has 0 aliphatic carbocycles. The van der Waals surface area contributed by atoms with Gasteiger partial charge in [-0.3, -0.25) is 4.90 Å². The lowest BCUT2D eigenvalue weighted by molar-refractivity contribution is 0.241. The molecule has 4 nitrogen and oxygen atoms in total. The molecule has 106 valence electrons. The van der Waals surface area contributed by atoms with E-state index in [4.69, 9.17) is 0 Å². The van der Waals surface area contributed by atoms with Gasteiger partial charge in [-0.05, 0) is 37.6 Å². The average molecular weight is 348 g/mol. The van der Waals surface area contributed by atoms with E-state index in [1.165, 1.54) is 0 Å². The molecule has 1 N–H and O–H groups in total. The molecular formula is C13H18BrNO3S. The maximum Gasteiger partial charge on any atom is 0.157 e. The quantitative estimate of drug-likeness (QED) is 0.890. The minimum absolute atomic E-state index is 0.191. The van der Waals surface area contributed by atoms with Crippen molar-refractivity contribution in [2.75, 3.05) is 18.8 Å². The van der Waals surface area contributed by atoms with Gasteiger partial charge in [-0.1, -0.05) is 15.9 Å². The van der Waals surface area contributed by atoms with Crippen molar-refractivity contribution in [3.63, 3.8) is 0 Å². The summed E-state index contributed by atoms with van der Waals surface area (Å²) < 4.78 is 24.1. The number of benzene rings is 1. The fourth-order valence-electron chi connectivity index (χ4n) is 2.30. The SMILES string of the molecule is CC1(C)CN(Cc2cc(O)ccc2Br)CCS1(=O)=O. The zero-order valence-corrected chi connectivity index (χ0v) is 13.5. The van der Waals surface area contributed by atoms with Gasteiger partial charge in [-0.2, -0.15) is 0 Å². The van der Waals surface area contributed by atoms with Crippen molar-refractivity contribution in [2.45, 2.75) is 25.1 Å². The molecule has 1 aromatic rings. The van der Waals surface area contributed by atoms with Gasteiger partial charge in [-0.15, -0.1) is 0 Å². The lowest BCUT2D eigenvalue weighted by Gasteiger charge is -2.37. The molecule has 1 aliphatic heterocycles. The van der Waals surface area contributed by atoms with Crippen molar-refractivity contribution >= 4 is 25.8 Å². The van der Waals surface area contributed by atoms with Crippen molar-refractivity contribution < 1.29 is 13.5 Å². The molecule has 1 saturated heterocycles. The lowest BCUT2D eigenvalue weighted by atomic mass is 10.1. The fourth-order valence-corrected chi connectivity index (χ4v) is 4.10. The number of hydrogen-bond donors (Lipinski definition) is 1. The van der Waals surface area contributed by atoms with Crippen molar-refractivity contribution in [1.82, 2.24) is 4.90 Å². The Morgan fingerprint density at radius 2 is 2.11 bits per heavy atom. The molecule has 0 atom stereocenters. The molecular weight excluding hydrogens is 330 g/mol. The smallest absolute Gasteiger partial charge is 0.157 e. The van der Waals surface area contributed by atoms with Crippen LogP contribution >= 0.6 is 15.9 Å². The van der Waals surface area contributed by atoms with E-state index in [1.54, 1.807) is 32.0 Å². The highest BCUT2D eigenvalue weighted by molar-refractivity contribution is 9.10. The number of aromatic hydroxyl groups is 1. The second-order valence-electron chi connectivity index (χ2n) is 5.56. The first-order chi connectivity index (χ1) is 8.71. The molecule has 0 unspecified atom stereocenters. The van der Waals surface area contributed by atoms with E-state index in [2.05, 4.69) is 20.8 Å². The highest BCUT2D eigenvalue weighted by Gasteiger charge is 2.39. The molecule has 1 fully saturated rings. The van der Waals surface area contributed by atoms with Crippen LogP contribution in [0.5, 0.6) is 5.75 Å². The summed E-state index contributed by atoms with van der Waals surface area (Å²) in [6.07, 6.45) is 0. The number of nitrogens with zero attached hydrogens (tertiary/aromatic N) is 1. The normalized spacial score (nSPS) is 22.3. The second-order valence-corrected chi connectivity index (χ2v) is 9.16. The third kappa shape index (κ3) is 3.12. The molecule has 0 amide bonds. The predicted molar refractivity (Wildman–Crippen MR) is 78.9 cm³/mol. The average Bonchev–Trinajstić information content (AvgIpc) is 2.29. The van der Waals surface area contributed by atoms with Crippen LogP contribution in [-0.4, -0.2) is 42.0 Å². The highest BCUT2D eigenvalue weighted by atomic mass is 79.9. The predicted octanol–water partition coefficient (Wildman–Crippen LogP) is 2.16. The van der Waals surface area contributed by atoms with E-state index >= 15 is 0 Å². The summed E-state index contributed by atoms with van der Waals surface area (Å²) in [4.78, 5) is 2.11. The van der Waals surface area contributed by atoms with Gasteiger partial charge in [0.05, 0.1) is 10.5 Å². The number of phenolic OH excluding ortho intramolecular Hbond substituents is 1. The highest BCUT2D eigenvalue weighted by Crippen LogP contribution is 2.28. The van der Waals surface area contributed by atoms with Crippen molar-refractivity contribution in [3.05, 3.63) is 28.2 Å². The van der Waals surface area contributed by atoms with E-state index in [0.29, 0.717) is 19.6 Å². The molecule has 1 heterocycles. The summed E-state index contributed by atoms with van der Waals surface area (Å²) in [6, 6.07) is 5.13. The Labute approximate surface area is 122 Å². The van der Waals surface area contributed by atoms with Crippen LogP contribution in [0.1, 0.15) is 19.4 Å². The minimum atomic E-state index is -3.01. The summed E-state index contributed by atoms with van der Waals surface area (Å²) >= 11 is 3.45. The Kier molecular flexibility index (Phi) is 3.95. The van der Waals surface area contributed by atoms with Gasteiger partial charge in [0.25, 0.3) is 0 Å². The Balaban J connectivity index is 2.16. The van der Waals surface area contributed by atoms with E-state index in [-0.39, 0.29) is 11.5 Å². The molecule has 6 heteroatoms. The third-order valence-electron chi connectivity index (χ3n) is 3.55. The standard InChI is InChI=1S/C13H18BrNO3S/c1-13(2)9-15(5-6-19(13,17)18)8-10-7-11(16)3-4-12(10)14/h3-4,7,16H,5-6,8-9H2,1-2H3. The Morgan fingerprint density at radius 3 is 2.74 bits per heavy atom. The van der Waals surface area contributed by atoms with Crippen molar-refractivity contribution in [3.8, 4) is 5.75 Å². The monoisotopic (exact) mass is 347 g/mol. The number of halogens is 1. The minimum Gasteiger partial charge on any atom is -0.508 e. The van der Waals surface area contributed by atoms with Crippen LogP contribution in [0, 0.1) is 0 Å². The topological polar surface area (TPSA) is 57.6 Å². The second kappa shape index (κ2) is 5.07. The third-order valence-corrected chi connectivity index (χ3v) is 6.85. The van der Waals surface area contributed by atoms with Crippen LogP contribution in [0.3, 0.4) is 0 Å². The summed E-state index contributed by atoms with van der Waals surface area (Å²) in [5.74, 6) is 0.415. The first kappa shape index (κ1) is 14.8. The van der Waals surface area contributed by atoms with Crippen LogP contribution in [0.15, 0.2) is 22.7 Å². The van der Waals surface area contributed by atoms with Crippen LogP contribution in [-0.2, 0) is 16.4 Å². The first-order valence-corrected chi connectivity index (χ1v) is 8.58. The van der Waals surface area contributed by atoms with Gasteiger partial charge < -0.3 is 5.11 Å². The number of phenols is 1. The number of sulfone groups is 1. The van der Waals surface area contributed by atoms with E-state index in [9.17, 15) is 13.5 Å². The Hall–Kier alpha value is -0.590. The Morgan fingerprint density at radius 1 is 1.42 bits per heavy atom. The zero-order valence-electron chi connectivity index (χ0n) is 11.1. The molecule has 0 aromatic heterocycles. The molecule has 0 saturated carbocycles. The largest absolute Gasteiger partial charge is 0.508 e. The first-order valence-electron chi connectivity index (χ1n) is 6.13. The van der Waals surface area contributed by atoms with Gasteiger partial charge >= 0.3 is 0 Å². The van der Waals surface area contributed by atoms with Crippen LogP contribution in [0.4, 0.5) is 0 Å². The summed E-state index contributed by atoms with van der Waals surface area (Å²) in [5.41, 5.74) is 0.968. The molecule has 19 heavy (non-hydrogen) atoms. The van der Waals surface area contributed by atoms with Crippen molar-refractivity contribution in [2.24, 2.45) is 0 Å². The van der Waals surface area contributed by atoms with Gasteiger partial charge in [0.1, 0.15) is 5.75 Å². The van der Waals surface area contributed by atoms with E-state index < -0.39 is 14.6 Å². The molecule has 0 radical (unpaired) electrons. The fraction of sp³-hybridized carbons (Fsp3) is 0.538. The molecule has 1 aliphatic rings. The molecule has 0 bridgehead atoms. The van der Waals surface area contributed by atoms with E-state index in [1.807, 2.05) is 0 Å². The van der Waals surface area contributed by atoms with Gasteiger partial charge in [0.15, 0.2) is 9.84 Å². The van der Waals surface area contributed by atoms with Crippen LogP contribution in [0.2, 0.25) is 0 Å². The van der Waals surface area contributed by atoms with Crippen LogP contribution < -0.4 is 0 Å². The maximum atomic E-state index is 11.9. The summed E-state index contributed by atoms with van der Waals surface area (Å²) in [7, 11) is -3.01. The van der Waals surface area contributed by atoms with Gasteiger partial charge in [-0.25, -0.2) is 8.42 Å². The molecule has 2 rings (SSSR count). The lowest BCUT2D eigenvalue weighted by Crippen LogP contribution is -2.52. The summed E-state index contributed by atoms with van der Waals surface area (Å²) in [6.45, 7) is 5.22. The molecule has 0 spiro atoms. The van der Waals surface area contributed by atoms with E-state index in [0.717, 1.165) is 10.0 Å². The zero-order chi connectivity index (χ0) is 14.3. The number of hydrogen-bond acceptors (Lipinski definition) is 4. The van der Waals surface area contributed by atoms with Gasteiger partial charge in [0.2, 0.25) is 0 Å². The van der Waals surface area contributed by atoms with Gasteiger partial charge in [0, 0.05) is 24.1 Å². The molecule has 1 aromatic carbocycles. The number of rotatable bonds is 2. The van der Waals surface area contributed by atoms with Crippen LogP contribution in [0.25, 0.3) is 0 Å².